The second-order valence-electron chi connectivity index (χ2n) is 7.20. The Hall–Kier alpha value is -3.61. The Kier molecular flexibility index (Phi) is 8.85. The van der Waals surface area contributed by atoms with E-state index in [0.717, 1.165) is 0 Å². The topological polar surface area (TPSA) is 102 Å². The lowest BCUT2D eigenvalue weighted by molar-refractivity contribution is -0.117. The first kappa shape index (κ1) is 25.0. The lowest BCUT2D eigenvalue weighted by atomic mass is 10.2. The number of allylic oxidation sites excluding steroid dienone is 4. The van der Waals surface area contributed by atoms with Gasteiger partial charge in [0.25, 0.3) is 11.5 Å². The summed E-state index contributed by atoms with van der Waals surface area (Å²) in [6, 6.07) is 8.79. The smallest absolute Gasteiger partial charge is 0.267 e. The Morgan fingerprint density at radius 1 is 1.38 bits per heavy atom. The molecule has 0 N–H and O–H groups in total. The highest BCUT2D eigenvalue weighted by Crippen LogP contribution is 2.13. The number of nitrogens with zero attached hydrogens (tertiary/aromatic N) is 5. The van der Waals surface area contributed by atoms with Crippen LogP contribution in [-0.4, -0.2) is 33.1 Å². The van der Waals surface area contributed by atoms with E-state index >= 15 is 0 Å². The van der Waals surface area contributed by atoms with Crippen LogP contribution in [0.1, 0.15) is 25.3 Å². The molecule has 0 unspecified atom stereocenters. The number of aromatic nitrogens is 3. The largest absolute Gasteiger partial charge is 0.382 e. The predicted molar refractivity (Wildman–Crippen MR) is 134 cm³/mol. The number of carbonyl (C=O) groups excluding carboxylic acids is 1. The molecule has 3 heterocycles. The zero-order chi connectivity index (χ0) is 24.5. The molecule has 0 atom stereocenters. The van der Waals surface area contributed by atoms with E-state index in [-0.39, 0.29) is 28.4 Å². The maximum absolute atomic E-state index is 13.1. The Balaban J connectivity index is 2.22. The van der Waals surface area contributed by atoms with Crippen molar-refractivity contribution in [2.75, 3.05) is 13.2 Å². The SMILES string of the molecule is C=C/C=C\C=C(\Br)CC(=O)N=c1c(C#N)cc2c(=O)n3ccccc3nc2n1CCCOCC. The third kappa shape index (κ3) is 5.84. The highest BCUT2D eigenvalue weighted by molar-refractivity contribution is 9.11. The van der Waals surface area contributed by atoms with Gasteiger partial charge in [-0.1, -0.05) is 52.9 Å². The fourth-order valence-corrected chi connectivity index (χ4v) is 3.75. The van der Waals surface area contributed by atoms with Crippen molar-refractivity contribution in [1.29, 1.82) is 5.26 Å². The summed E-state index contributed by atoms with van der Waals surface area (Å²) in [6.07, 6.45) is 9.07. The summed E-state index contributed by atoms with van der Waals surface area (Å²) < 4.78 is 9.16. The van der Waals surface area contributed by atoms with Crippen molar-refractivity contribution in [1.82, 2.24) is 14.0 Å². The van der Waals surface area contributed by atoms with Gasteiger partial charge in [-0.05, 0) is 31.5 Å². The molecule has 3 aromatic heterocycles. The minimum absolute atomic E-state index is 0.0111. The number of rotatable bonds is 9. The molecule has 34 heavy (non-hydrogen) atoms. The highest BCUT2D eigenvalue weighted by atomic mass is 79.9. The fourth-order valence-electron chi connectivity index (χ4n) is 3.36. The molecule has 0 aliphatic carbocycles. The number of hydrogen-bond acceptors (Lipinski definition) is 5. The molecule has 0 spiro atoms. The van der Waals surface area contributed by atoms with E-state index in [2.05, 4.69) is 38.6 Å². The van der Waals surface area contributed by atoms with E-state index in [9.17, 15) is 14.9 Å². The molecule has 0 aliphatic rings. The molecule has 0 fully saturated rings. The zero-order valence-corrected chi connectivity index (χ0v) is 20.4. The molecular weight excluding hydrogens is 498 g/mol. The molecule has 8 nitrogen and oxygen atoms in total. The van der Waals surface area contributed by atoms with Gasteiger partial charge < -0.3 is 9.30 Å². The number of ether oxygens (including phenoxy) is 1. The first-order chi connectivity index (χ1) is 16.5. The average molecular weight is 522 g/mol. The molecule has 9 heteroatoms. The van der Waals surface area contributed by atoms with Crippen molar-refractivity contribution in [3.8, 4) is 6.07 Å². The van der Waals surface area contributed by atoms with Crippen LogP contribution in [0.2, 0.25) is 0 Å². The quantitative estimate of drug-likeness (QED) is 0.242. The molecule has 174 valence electrons. The normalized spacial score (nSPS) is 12.5. The minimum Gasteiger partial charge on any atom is -0.382 e. The van der Waals surface area contributed by atoms with E-state index < -0.39 is 5.91 Å². The van der Waals surface area contributed by atoms with Gasteiger partial charge in [0.15, 0.2) is 5.49 Å². The number of aryl methyl sites for hydroxylation is 1. The van der Waals surface area contributed by atoms with E-state index in [1.54, 1.807) is 53.3 Å². The Bertz CT molecular complexity index is 1460. The number of pyridine rings is 2. The molecule has 3 aromatic rings. The van der Waals surface area contributed by atoms with Crippen molar-refractivity contribution in [2.24, 2.45) is 4.99 Å². The summed E-state index contributed by atoms with van der Waals surface area (Å²) >= 11 is 3.36. The Labute approximate surface area is 205 Å². The number of amides is 1. The molecule has 0 saturated heterocycles. The highest BCUT2D eigenvalue weighted by Gasteiger charge is 2.15. The molecule has 0 saturated carbocycles. The minimum atomic E-state index is -0.443. The van der Waals surface area contributed by atoms with E-state index in [4.69, 9.17) is 4.74 Å². The lowest BCUT2D eigenvalue weighted by Crippen LogP contribution is -2.30. The van der Waals surface area contributed by atoms with Crippen molar-refractivity contribution in [3.63, 3.8) is 0 Å². The van der Waals surface area contributed by atoms with Crippen LogP contribution < -0.4 is 11.0 Å². The number of hydrogen-bond donors (Lipinski definition) is 0. The number of carbonyl (C=O) groups is 1. The molecular formula is C25H24BrN5O3. The van der Waals surface area contributed by atoms with Gasteiger partial charge in [-0.3, -0.25) is 14.0 Å². The van der Waals surface area contributed by atoms with Gasteiger partial charge in [-0.2, -0.15) is 10.3 Å². The van der Waals surface area contributed by atoms with Crippen LogP contribution >= 0.6 is 15.9 Å². The van der Waals surface area contributed by atoms with Crippen molar-refractivity contribution < 1.29 is 9.53 Å². The Morgan fingerprint density at radius 2 is 2.21 bits per heavy atom. The molecule has 0 bridgehead atoms. The average Bonchev–Trinajstić information content (AvgIpc) is 2.83. The third-order valence-corrected chi connectivity index (χ3v) is 5.40. The van der Waals surface area contributed by atoms with E-state index in [1.165, 1.54) is 10.5 Å². The number of halogens is 1. The van der Waals surface area contributed by atoms with Crippen LogP contribution in [0.4, 0.5) is 0 Å². The second kappa shape index (κ2) is 12.0. The van der Waals surface area contributed by atoms with Crippen LogP contribution in [0.25, 0.3) is 16.7 Å². The van der Waals surface area contributed by atoms with Crippen molar-refractivity contribution >= 4 is 38.5 Å². The zero-order valence-electron chi connectivity index (χ0n) is 18.8. The van der Waals surface area contributed by atoms with Crippen LogP contribution in [0.15, 0.2) is 75.6 Å². The van der Waals surface area contributed by atoms with Gasteiger partial charge in [-0.15, -0.1) is 0 Å². The fraction of sp³-hybridized carbons (Fsp3) is 0.240. The molecule has 0 radical (unpaired) electrons. The summed E-state index contributed by atoms with van der Waals surface area (Å²) in [4.78, 5) is 34.8. The molecule has 1 amide bonds. The van der Waals surface area contributed by atoms with Crippen molar-refractivity contribution in [3.05, 3.63) is 87.2 Å². The van der Waals surface area contributed by atoms with Gasteiger partial charge in [0.1, 0.15) is 17.4 Å². The summed E-state index contributed by atoms with van der Waals surface area (Å²) in [6.45, 7) is 6.92. The van der Waals surface area contributed by atoms with Crippen LogP contribution in [0, 0.1) is 11.3 Å². The first-order valence-electron chi connectivity index (χ1n) is 10.7. The van der Waals surface area contributed by atoms with Crippen molar-refractivity contribution in [2.45, 2.75) is 26.3 Å². The molecule has 3 rings (SSSR count). The van der Waals surface area contributed by atoms with E-state index in [0.29, 0.717) is 42.0 Å². The van der Waals surface area contributed by atoms with Crippen LogP contribution in [0.3, 0.4) is 0 Å². The number of nitriles is 1. The summed E-state index contributed by atoms with van der Waals surface area (Å²) in [5.74, 6) is -0.443. The van der Waals surface area contributed by atoms with Gasteiger partial charge >= 0.3 is 0 Å². The summed E-state index contributed by atoms with van der Waals surface area (Å²) in [7, 11) is 0. The summed E-state index contributed by atoms with van der Waals surface area (Å²) in [5.41, 5.74) is 0.819. The standard InChI is InChI=1S/C25H24BrN5O3/c1-3-5-6-10-19(26)16-22(32)29-23-18(17-27)15-20-24(31(23)13-9-14-34-4-2)28-21-11-7-8-12-30(21)25(20)33/h3,5-8,10-12,15H,1,4,9,13-14,16H2,2H3/b6-5-,19-10+,29-23?. The second-order valence-corrected chi connectivity index (χ2v) is 8.21. The third-order valence-electron chi connectivity index (χ3n) is 4.86. The maximum atomic E-state index is 13.1. The summed E-state index contributed by atoms with van der Waals surface area (Å²) in [5, 5.41) is 10.1. The molecule has 0 aromatic carbocycles. The lowest BCUT2D eigenvalue weighted by Gasteiger charge is -2.13. The van der Waals surface area contributed by atoms with Crippen LogP contribution in [-0.2, 0) is 16.1 Å². The predicted octanol–water partition coefficient (Wildman–Crippen LogP) is 3.79. The van der Waals surface area contributed by atoms with Gasteiger partial charge in [0, 0.05) is 30.4 Å². The van der Waals surface area contributed by atoms with Gasteiger partial charge in [-0.25, -0.2) is 4.98 Å². The maximum Gasteiger partial charge on any atom is 0.267 e. The van der Waals surface area contributed by atoms with Gasteiger partial charge in [0.05, 0.1) is 17.4 Å². The Morgan fingerprint density at radius 3 is 2.94 bits per heavy atom. The monoisotopic (exact) mass is 521 g/mol. The van der Waals surface area contributed by atoms with Crippen LogP contribution in [0.5, 0.6) is 0 Å². The van der Waals surface area contributed by atoms with Gasteiger partial charge in [0.2, 0.25) is 0 Å². The van der Waals surface area contributed by atoms with E-state index in [1.807, 2.05) is 6.92 Å². The molecule has 0 aliphatic heterocycles. The number of fused-ring (bicyclic) bond motifs is 2. The first-order valence-corrected chi connectivity index (χ1v) is 11.5.